The first-order chi connectivity index (χ1) is 23.4. The number of amides is 1. The molecule has 6 rings (SSSR count). The van der Waals surface area contributed by atoms with Crippen molar-refractivity contribution in [1.82, 2.24) is 14.8 Å². The first-order valence-electron chi connectivity index (χ1n) is 15.9. The van der Waals surface area contributed by atoms with E-state index in [1.54, 1.807) is 24.2 Å². The highest BCUT2D eigenvalue weighted by atomic mass is 35.5. The van der Waals surface area contributed by atoms with Crippen LogP contribution in [0.5, 0.6) is 16.7 Å². The molecule has 48 heavy (non-hydrogen) atoms. The second kappa shape index (κ2) is 15.4. The third-order valence-electron chi connectivity index (χ3n) is 9.14. The lowest BCUT2D eigenvalue weighted by molar-refractivity contribution is 0.0780. The molecule has 1 amide bonds. The topological polar surface area (TPSA) is 78.7 Å². The van der Waals surface area contributed by atoms with Crippen LogP contribution >= 0.6 is 34.5 Å². The van der Waals surface area contributed by atoms with Crippen LogP contribution in [0.15, 0.2) is 84.4 Å². The number of carbonyl (C=O) groups is 1. The van der Waals surface area contributed by atoms with E-state index in [2.05, 4.69) is 28.1 Å². The zero-order chi connectivity index (χ0) is 33.6. The van der Waals surface area contributed by atoms with Gasteiger partial charge in [0, 0.05) is 31.1 Å². The van der Waals surface area contributed by atoms with Crippen molar-refractivity contribution in [3.8, 4) is 22.8 Å². The van der Waals surface area contributed by atoms with Gasteiger partial charge in [-0.1, -0.05) is 83.1 Å². The number of fused-ring (bicyclic) bond motifs is 1. The van der Waals surface area contributed by atoms with Gasteiger partial charge in [0.15, 0.2) is 0 Å². The Bertz CT molecular complexity index is 1940. The van der Waals surface area contributed by atoms with Crippen molar-refractivity contribution in [2.24, 2.45) is 0 Å². The summed E-state index contributed by atoms with van der Waals surface area (Å²) in [6.07, 6.45) is 4.62. The van der Waals surface area contributed by atoms with Crippen LogP contribution in [0.25, 0.3) is 10.8 Å². The summed E-state index contributed by atoms with van der Waals surface area (Å²) in [7, 11) is 3.30. The number of para-hydroxylation sites is 1. The molecule has 0 radical (unpaired) electrons. The molecule has 4 aromatic carbocycles. The maximum Gasteiger partial charge on any atom is 0.278 e. The highest BCUT2D eigenvalue weighted by Gasteiger charge is 2.28. The molecular weight excluding hydrogens is 663 g/mol. The van der Waals surface area contributed by atoms with Crippen molar-refractivity contribution in [3.63, 3.8) is 0 Å². The number of likely N-dealkylation sites (tertiary alicyclic amines) is 1. The van der Waals surface area contributed by atoms with Crippen molar-refractivity contribution in [2.45, 2.75) is 31.1 Å². The lowest BCUT2D eigenvalue weighted by Crippen LogP contribution is -2.36. The van der Waals surface area contributed by atoms with Crippen molar-refractivity contribution in [2.75, 3.05) is 40.3 Å². The van der Waals surface area contributed by atoms with Crippen molar-refractivity contribution in [1.29, 1.82) is 5.26 Å². The van der Waals surface area contributed by atoms with Gasteiger partial charge in [-0.3, -0.25) is 4.79 Å². The monoisotopic (exact) mass is 698 g/mol. The Kier molecular flexibility index (Phi) is 10.8. The van der Waals surface area contributed by atoms with Gasteiger partial charge in [-0.25, -0.2) is 4.98 Å². The molecule has 0 saturated carbocycles. The Morgan fingerprint density at radius 2 is 1.85 bits per heavy atom. The molecule has 0 aliphatic carbocycles. The molecule has 7 nitrogen and oxygen atoms in total. The van der Waals surface area contributed by atoms with Gasteiger partial charge in [0.25, 0.3) is 11.1 Å². The molecule has 10 heteroatoms. The summed E-state index contributed by atoms with van der Waals surface area (Å²) in [6, 6.07) is 25.5. The van der Waals surface area contributed by atoms with Gasteiger partial charge < -0.3 is 19.3 Å². The number of piperidine rings is 1. The Labute approximate surface area is 295 Å². The lowest BCUT2D eigenvalue weighted by atomic mass is 9.88. The summed E-state index contributed by atoms with van der Waals surface area (Å²) < 4.78 is 11.8. The number of carbonyl (C=O) groups excluding carboxylic acids is 1. The van der Waals surface area contributed by atoms with E-state index in [9.17, 15) is 10.1 Å². The molecule has 1 fully saturated rings. The van der Waals surface area contributed by atoms with Crippen LogP contribution in [0.4, 0.5) is 0 Å². The molecule has 1 aliphatic rings. The first kappa shape index (κ1) is 33.8. The van der Waals surface area contributed by atoms with Gasteiger partial charge in [-0.15, -0.1) is 0 Å². The summed E-state index contributed by atoms with van der Waals surface area (Å²) in [6.45, 7) is 3.24. The number of methoxy groups -OCH3 is 1. The molecule has 0 bridgehead atoms. The summed E-state index contributed by atoms with van der Waals surface area (Å²) in [4.78, 5) is 22.7. The average Bonchev–Trinajstić information content (AvgIpc) is 3.63. The number of benzene rings is 4. The minimum absolute atomic E-state index is 0.00438. The maximum absolute atomic E-state index is 14.2. The molecule has 0 unspecified atom stereocenters. The SMILES string of the molecule is COc1c(C#N)cc2ccccc2c1C(=O)N(C)C[C@@H](CCN1CCC(c2ccccc2Oc2nccs2)CC1)c1ccc(Cl)c(Cl)c1. The second-order valence-electron chi connectivity index (χ2n) is 12.1. The maximum atomic E-state index is 14.2. The average molecular weight is 700 g/mol. The Morgan fingerprint density at radius 1 is 1.08 bits per heavy atom. The van der Waals surface area contributed by atoms with Crippen LogP contribution in [0, 0.1) is 11.3 Å². The second-order valence-corrected chi connectivity index (χ2v) is 13.7. The minimum atomic E-state index is -0.204. The predicted octanol–water partition coefficient (Wildman–Crippen LogP) is 9.40. The molecule has 0 spiro atoms. The number of ether oxygens (including phenoxy) is 2. The first-order valence-corrected chi connectivity index (χ1v) is 17.6. The number of nitrogens with zero attached hydrogens (tertiary/aromatic N) is 4. The van der Waals surface area contributed by atoms with Crippen LogP contribution in [-0.4, -0.2) is 61.0 Å². The molecule has 1 saturated heterocycles. The molecule has 5 aromatic rings. The zero-order valence-corrected chi connectivity index (χ0v) is 29.2. The molecule has 0 N–H and O–H groups in total. The molecule has 246 valence electrons. The highest BCUT2D eigenvalue weighted by Crippen LogP contribution is 2.38. The fraction of sp³-hybridized carbons (Fsp3) is 0.289. The number of hydrogen-bond acceptors (Lipinski definition) is 7. The van der Waals surface area contributed by atoms with Gasteiger partial charge in [0.1, 0.15) is 17.6 Å². The van der Waals surface area contributed by atoms with Gasteiger partial charge >= 0.3 is 0 Å². The normalized spacial score (nSPS) is 14.4. The third kappa shape index (κ3) is 7.45. The predicted molar refractivity (Wildman–Crippen MR) is 193 cm³/mol. The van der Waals surface area contributed by atoms with Crippen LogP contribution in [-0.2, 0) is 0 Å². The van der Waals surface area contributed by atoms with Gasteiger partial charge in [0.05, 0.1) is 28.3 Å². The number of aromatic nitrogens is 1. The summed E-state index contributed by atoms with van der Waals surface area (Å²) in [5, 5.41) is 15.0. The quantitative estimate of drug-likeness (QED) is 0.137. The number of nitriles is 1. The largest absolute Gasteiger partial charge is 0.495 e. The van der Waals surface area contributed by atoms with Crippen molar-refractivity contribution < 1.29 is 14.3 Å². The number of halogens is 2. The Balaban J connectivity index is 1.17. The van der Waals surface area contributed by atoms with Gasteiger partial charge in [-0.2, -0.15) is 5.26 Å². The highest BCUT2D eigenvalue weighted by molar-refractivity contribution is 7.11. The number of hydrogen-bond donors (Lipinski definition) is 0. The van der Waals surface area contributed by atoms with Crippen LogP contribution in [0.2, 0.25) is 10.0 Å². The van der Waals surface area contributed by atoms with E-state index in [1.165, 1.54) is 24.0 Å². The van der Waals surface area contributed by atoms with Crippen LogP contribution in [0.3, 0.4) is 0 Å². The Morgan fingerprint density at radius 3 is 2.58 bits per heavy atom. The zero-order valence-electron chi connectivity index (χ0n) is 26.9. The summed E-state index contributed by atoms with van der Waals surface area (Å²) in [5.41, 5.74) is 2.97. The van der Waals surface area contributed by atoms with E-state index in [0.29, 0.717) is 44.6 Å². The van der Waals surface area contributed by atoms with E-state index in [-0.39, 0.29) is 11.8 Å². The van der Waals surface area contributed by atoms with E-state index in [1.807, 2.05) is 60.0 Å². The Hall–Kier alpha value is -4.13. The van der Waals surface area contributed by atoms with E-state index in [4.69, 9.17) is 32.7 Å². The lowest BCUT2D eigenvalue weighted by Gasteiger charge is -2.34. The smallest absolute Gasteiger partial charge is 0.278 e. The van der Waals surface area contributed by atoms with E-state index in [0.717, 1.165) is 61.0 Å². The molecule has 1 atom stereocenters. The number of rotatable bonds is 11. The number of thiazole rings is 1. The summed E-state index contributed by atoms with van der Waals surface area (Å²) in [5.74, 6) is 1.37. The number of likely N-dealkylation sites (N-methyl/N-ethyl adjacent to an activating group) is 1. The molecule has 2 heterocycles. The van der Waals surface area contributed by atoms with Gasteiger partial charge in [0.2, 0.25) is 0 Å². The molecule has 1 aliphatic heterocycles. The fourth-order valence-electron chi connectivity index (χ4n) is 6.64. The minimum Gasteiger partial charge on any atom is -0.495 e. The standard InChI is InChI=1S/C38H36Cl2N4O3S/c1-43(37(45)35-31-9-4-3-7-27(31)21-29(23-41)36(35)46-2)24-28(26-11-12-32(39)33(40)22-26)15-19-44-17-13-25(14-18-44)30-8-5-6-10-34(30)47-38-42-16-20-48-38/h3-12,16,20-22,25,28H,13-15,17-19,24H2,1-2H3/t28-/m1/s1. The van der Waals surface area contributed by atoms with Crippen LogP contribution < -0.4 is 9.47 Å². The fourth-order valence-corrected chi connectivity index (χ4v) is 7.45. The molecular formula is C38H36Cl2N4O3S. The van der Waals surface area contributed by atoms with E-state index >= 15 is 0 Å². The van der Waals surface area contributed by atoms with E-state index < -0.39 is 0 Å². The summed E-state index contributed by atoms with van der Waals surface area (Å²) >= 11 is 14.3. The van der Waals surface area contributed by atoms with Gasteiger partial charge in [-0.05, 0) is 91.0 Å². The molecule has 1 aromatic heterocycles. The third-order valence-corrected chi connectivity index (χ3v) is 10.5. The van der Waals surface area contributed by atoms with Crippen LogP contribution in [0.1, 0.15) is 58.1 Å². The van der Waals surface area contributed by atoms with Crippen molar-refractivity contribution >= 4 is 51.2 Å². The van der Waals surface area contributed by atoms with Crippen molar-refractivity contribution in [3.05, 3.63) is 117 Å².